The largest absolute Gasteiger partial charge is 0.352 e. The van der Waals surface area contributed by atoms with Gasteiger partial charge in [-0.15, -0.1) is 0 Å². The van der Waals surface area contributed by atoms with E-state index in [4.69, 9.17) is 10.7 Å². The van der Waals surface area contributed by atoms with Gasteiger partial charge in [-0.05, 0) is 60.9 Å². The summed E-state index contributed by atoms with van der Waals surface area (Å²) in [6.45, 7) is 4.54. The van der Waals surface area contributed by atoms with Gasteiger partial charge in [0.25, 0.3) is 0 Å². The molecule has 0 fully saturated rings. The average molecular weight is 553 g/mol. The molecule has 0 radical (unpaired) electrons. The number of hydrogen-bond donors (Lipinski definition) is 3. The van der Waals surface area contributed by atoms with Crippen LogP contribution in [0.1, 0.15) is 35.9 Å². The van der Waals surface area contributed by atoms with Crippen molar-refractivity contribution in [1.82, 2.24) is 19.8 Å². The van der Waals surface area contributed by atoms with Crippen molar-refractivity contribution in [2.24, 2.45) is 5.73 Å². The third kappa shape index (κ3) is 6.53. The second-order valence-electron chi connectivity index (χ2n) is 10.1. The van der Waals surface area contributed by atoms with Crippen molar-refractivity contribution >= 4 is 29.5 Å². The van der Waals surface area contributed by atoms with Crippen molar-refractivity contribution in [1.29, 1.82) is 0 Å². The molecule has 1 aromatic heterocycles. The van der Waals surface area contributed by atoms with E-state index in [1.54, 1.807) is 29.4 Å². The van der Waals surface area contributed by atoms with Crippen LogP contribution in [0, 0.1) is 12.7 Å². The first-order chi connectivity index (χ1) is 19.8. The zero-order valence-electron chi connectivity index (χ0n) is 23.1. The third-order valence-electron chi connectivity index (χ3n) is 7.01. The zero-order chi connectivity index (χ0) is 28.9. The molecular formula is C32H33FN6O2. The van der Waals surface area contributed by atoms with Crippen molar-refractivity contribution < 1.29 is 14.0 Å². The Balaban J connectivity index is 1.32. The number of hydrogen-bond acceptors (Lipinski definition) is 5. The van der Waals surface area contributed by atoms with Crippen molar-refractivity contribution in [2.75, 3.05) is 5.32 Å². The number of nitrogens with one attached hydrogen (secondary N) is 2. The minimum Gasteiger partial charge on any atom is -0.352 e. The van der Waals surface area contributed by atoms with Gasteiger partial charge >= 0.3 is 0 Å². The van der Waals surface area contributed by atoms with Gasteiger partial charge in [0.05, 0.1) is 12.6 Å². The number of nitrogens with zero attached hydrogens (tertiary/aromatic N) is 3. The summed E-state index contributed by atoms with van der Waals surface area (Å²) >= 11 is 0. The number of fused-ring (bicyclic) bond motifs is 1. The molecule has 3 aromatic carbocycles. The quantitative estimate of drug-likeness (QED) is 0.268. The predicted octanol–water partition coefficient (Wildman–Crippen LogP) is 5.11. The maximum absolute atomic E-state index is 13.7. The molecule has 0 spiro atoms. The SMILES string of the molecule is CCC(=O)NCc1ccc(CC(N)C(=O)N2C=Cn3c(nc(-c4ccc(F)cc4)c3Nc3ccc(C)cc3)C2)cc1. The molecule has 0 aliphatic carbocycles. The summed E-state index contributed by atoms with van der Waals surface area (Å²) in [5.74, 6) is 0.832. The van der Waals surface area contributed by atoms with E-state index in [0.717, 1.165) is 33.8 Å². The van der Waals surface area contributed by atoms with Gasteiger partial charge in [0.15, 0.2) is 0 Å². The molecule has 0 saturated heterocycles. The van der Waals surface area contributed by atoms with Crippen molar-refractivity contribution in [3.63, 3.8) is 0 Å². The minimum absolute atomic E-state index is 0.000229. The zero-order valence-corrected chi connectivity index (χ0v) is 23.1. The summed E-state index contributed by atoms with van der Waals surface area (Å²) in [4.78, 5) is 31.2. The van der Waals surface area contributed by atoms with Crippen LogP contribution in [0.4, 0.5) is 15.9 Å². The van der Waals surface area contributed by atoms with E-state index >= 15 is 0 Å². The lowest BCUT2D eigenvalue weighted by atomic mass is 10.0. The number of benzene rings is 3. The maximum Gasteiger partial charge on any atom is 0.244 e. The molecule has 2 heterocycles. The number of aromatic nitrogens is 2. The molecule has 1 unspecified atom stereocenters. The molecule has 210 valence electrons. The Labute approximate surface area is 238 Å². The molecule has 4 aromatic rings. The molecule has 1 aliphatic heterocycles. The number of anilines is 2. The average Bonchev–Trinajstić information content (AvgIpc) is 3.35. The van der Waals surface area contributed by atoms with E-state index < -0.39 is 6.04 Å². The number of carbonyl (C=O) groups is 2. The van der Waals surface area contributed by atoms with E-state index in [-0.39, 0.29) is 24.2 Å². The monoisotopic (exact) mass is 552 g/mol. The second-order valence-corrected chi connectivity index (χ2v) is 10.1. The van der Waals surface area contributed by atoms with E-state index in [1.165, 1.54) is 12.1 Å². The van der Waals surface area contributed by atoms with Crippen LogP contribution < -0.4 is 16.4 Å². The molecule has 4 N–H and O–H groups in total. The van der Waals surface area contributed by atoms with Crippen LogP contribution in [0.2, 0.25) is 0 Å². The third-order valence-corrected chi connectivity index (χ3v) is 7.01. The molecule has 9 heteroatoms. The first-order valence-electron chi connectivity index (χ1n) is 13.6. The Morgan fingerprint density at radius 2 is 1.66 bits per heavy atom. The van der Waals surface area contributed by atoms with Crippen LogP contribution in [0.15, 0.2) is 79.0 Å². The first kappa shape index (κ1) is 27.8. The molecule has 0 saturated carbocycles. The topological polar surface area (TPSA) is 105 Å². The summed E-state index contributed by atoms with van der Waals surface area (Å²) < 4.78 is 15.6. The van der Waals surface area contributed by atoms with Crippen molar-refractivity contribution in [2.45, 2.75) is 45.8 Å². The Bertz CT molecular complexity index is 1560. The fourth-order valence-electron chi connectivity index (χ4n) is 4.63. The van der Waals surface area contributed by atoms with Gasteiger partial charge in [-0.3, -0.25) is 14.2 Å². The van der Waals surface area contributed by atoms with Crippen LogP contribution in [0.3, 0.4) is 0 Å². The molecular weight excluding hydrogens is 519 g/mol. The normalized spacial score (nSPS) is 13.0. The molecule has 1 aliphatic rings. The first-order valence-corrected chi connectivity index (χ1v) is 13.6. The van der Waals surface area contributed by atoms with Gasteiger partial charge < -0.3 is 21.3 Å². The predicted molar refractivity (Wildman–Crippen MR) is 158 cm³/mol. The van der Waals surface area contributed by atoms with E-state index in [1.807, 2.05) is 66.9 Å². The van der Waals surface area contributed by atoms with Gasteiger partial charge in [-0.1, -0.05) is 48.9 Å². The highest BCUT2D eigenvalue weighted by Gasteiger charge is 2.27. The summed E-state index contributed by atoms with van der Waals surface area (Å²) in [6, 6.07) is 21.2. The fraction of sp³-hybridized carbons (Fsp3) is 0.219. The smallest absolute Gasteiger partial charge is 0.244 e. The van der Waals surface area contributed by atoms with Gasteiger partial charge in [0.2, 0.25) is 11.8 Å². The standard InChI is InChI=1S/C32H33FN6O2/c1-3-29(40)35-19-23-8-6-22(7-9-23)18-27(34)32(41)38-16-17-39-28(20-38)37-30(24-10-12-25(33)13-11-24)31(39)36-26-14-4-21(2)5-15-26/h4-17,27,36H,3,18-20,34H2,1-2H3,(H,35,40). The molecule has 5 rings (SSSR count). The number of halogens is 1. The van der Waals surface area contributed by atoms with Crippen LogP contribution in [0.25, 0.3) is 17.5 Å². The van der Waals surface area contributed by atoms with E-state index in [2.05, 4.69) is 10.6 Å². The highest BCUT2D eigenvalue weighted by molar-refractivity contribution is 5.84. The highest BCUT2D eigenvalue weighted by Crippen LogP contribution is 2.33. The highest BCUT2D eigenvalue weighted by atomic mass is 19.1. The second kappa shape index (κ2) is 12.2. The Morgan fingerprint density at radius 3 is 2.34 bits per heavy atom. The number of nitrogens with two attached hydrogens (primary N) is 1. The van der Waals surface area contributed by atoms with Gasteiger partial charge in [-0.25, -0.2) is 9.37 Å². The fourth-order valence-corrected chi connectivity index (χ4v) is 4.63. The van der Waals surface area contributed by atoms with Crippen LogP contribution in [-0.4, -0.2) is 32.3 Å². The summed E-state index contributed by atoms with van der Waals surface area (Å²) in [7, 11) is 0. The van der Waals surface area contributed by atoms with E-state index in [0.29, 0.717) is 30.9 Å². The summed E-state index contributed by atoms with van der Waals surface area (Å²) in [5.41, 5.74) is 11.7. The lowest BCUT2D eigenvalue weighted by Gasteiger charge is -2.25. The lowest BCUT2D eigenvalue weighted by Crippen LogP contribution is -2.43. The molecule has 0 bridgehead atoms. The molecule has 2 amide bonds. The maximum atomic E-state index is 13.7. The van der Waals surface area contributed by atoms with Gasteiger partial charge in [0, 0.05) is 36.6 Å². The number of amides is 2. The van der Waals surface area contributed by atoms with Gasteiger partial charge in [0.1, 0.15) is 23.2 Å². The Hall–Kier alpha value is -4.76. The number of imidazole rings is 1. The summed E-state index contributed by atoms with van der Waals surface area (Å²) in [6.07, 6.45) is 4.32. The van der Waals surface area contributed by atoms with Crippen molar-refractivity contribution in [3.8, 4) is 11.3 Å². The molecule has 41 heavy (non-hydrogen) atoms. The van der Waals surface area contributed by atoms with Gasteiger partial charge in [-0.2, -0.15) is 0 Å². The number of rotatable bonds is 9. The van der Waals surface area contributed by atoms with Crippen LogP contribution in [-0.2, 0) is 29.1 Å². The van der Waals surface area contributed by atoms with Crippen LogP contribution >= 0.6 is 0 Å². The molecule has 1 atom stereocenters. The molecule has 8 nitrogen and oxygen atoms in total. The summed E-state index contributed by atoms with van der Waals surface area (Å²) in [5, 5.41) is 6.30. The Morgan fingerprint density at radius 1 is 0.976 bits per heavy atom. The van der Waals surface area contributed by atoms with E-state index in [9.17, 15) is 14.0 Å². The number of aryl methyl sites for hydroxylation is 1. The Kier molecular flexibility index (Phi) is 8.26. The number of carbonyl (C=O) groups excluding carboxylic acids is 2. The van der Waals surface area contributed by atoms with Crippen molar-refractivity contribution in [3.05, 3.63) is 107 Å². The lowest BCUT2D eigenvalue weighted by molar-refractivity contribution is -0.130. The minimum atomic E-state index is -0.742. The van der Waals surface area contributed by atoms with Crippen LogP contribution in [0.5, 0.6) is 0 Å².